The van der Waals surface area contributed by atoms with Gasteiger partial charge in [-0.3, -0.25) is 4.79 Å². The summed E-state index contributed by atoms with van der Waals surface area (Å²) in [6.07, 6.45) is 1.61. The molecule has 25 heavy (non-hydrogen) atoms. The van der Waals surface area contributed by atoms with Gasteiger partial charge >= 0.3 is 5.69 Å². The maximum atomic E-state index is 13.5. The summed E-state index contributed by atoms with van der Waals surface area (Å²) >= 11 is 0. The van der Waals surface area contributed by atoms with E-state index in [-0.39, 0.29) is 23.5 Å². The lowest BCUT2D eigenvalue weighted by Crippen LogP contribution is -2.39. The molecule has 0 saturated carbocycles. The number of amides is 1. The summed E-state index contributed by atoms with van der Waals surface area (Å²) in [6, 6.07) is 4.67. The van der Waals surface area contributed by atoms with Crippen LogP contribution >= 0.6 is 0 Å². The predicted octanol–water partition coefficient (Wildman–Crippen LogP) is 2.60. The Morgan fingerprint density at radius 3 is 2.88 bits per heavy atom. The highest BCUT2D eigenvalue weighted by Crippen LogP contribution is 2.30. The zero-order chi connectivity index (χ0) is 18.1. The molecule has 1 aliphatic heterocycles. The number of aryl methyl sites for hydroxylation is 2. The molecule has 0 radical (unpaired) electrons. The quantitative estimate of drug-likeness (QED) is 0.932. The van der Waals surface area contributed by atoms with Crippen LogP contribution in [0.5, 0.6) is 0 Å². The van der Waals surface area contributed by atoms with Gasteiger partial charge in [0.15, 0.2) is 0 Å². The monoisotopic (exact) mass is 343 g/mol. The Morgan fingerprint density at radius 1 is 1.40 bits per heavy atom. The van der Waals surface area contributed by atoms with Crippen molar-refractivity contribution < 1.29 is 9.18 Å². The first-order valence-corrected chi connectivity index (χ1v) is 8.51. The molecule has 0 saturated heterocycles. The number of benzene rings is 1. The van der Waals surface area contributed by atoms with Crippen LogP contribution in [-0.4, -0.2) is 27.3 Å². The van der Waals surface area contributed by atoms with Gasteiger partial charge in [0.25, 0.3) is 0 Å². The third kappa shape index (κ3) is 3.48. The third-order valence-corrected chi connectivity index (χ3v) is 5.01. The van der Waals surface area contributed by atoms with Gasteiger partial charge in [-0.1, -0.05) is 6.07 Å². The summed E-state index contributed by atoms with van der Waals surface area (Å²) < 4.78 is 13.5. The van der Waals surface area contributed by atoms with Crippen LogP contribution in [-0.2, 0) is 17.6 Å². The molecule has 1 N–H and O–H groups in total. The summed E-state index contributed by atoms with van der Waals surface area (Å²) in [5.41, 5.74) is 3.95. The molecule has 2 aromatic rings. The van der Waals surface area contributed by atoms with E-state index in [0.29, 0.717) is 25.1 Å². The lowest BCUT2D eigenvalue weighted by Gasteiger charge is -2.35. The van der Waals surface area contributed by atoms with E-state index in [1.54, 1.807) is 6.92 Å². The van der Waals surface area contributed by atoms with Crippen molar-refractivity contribution in [2.75, 3.05) is 6.54 Å². The largest absolute Gasteiger partial charge is 0.345 e. The number of halogens is 1. The van der Waals surface area contributed by atoms with Crippen molar-refractivity contribution in [2.45, 2.75) is 46.1 Å². The zero-order valence-corrected chi connectivity index (χ0v) is 14.7. The number of carbonyl (C=O) groups excluding carboxylic acids is 1. The number of hydrogen-bond donors (Lipinski definition) is 1. The fourth-order valence-corrected chi connectivity index (χ4v) is 3.62. The lowest BCUT2D eigenvalue weighted by molar-refractivity contribution is -0.133. The van der Waals surface area contributed by atoms with Crippen molar-refractivity contribution in [2.24, 2.45) is 0 Å². The molecule has 1 amide bonds. The molecule has 1 aromatic carbocycles. The number of aromatic amines is 1. The molecule has 0 fully saturated rings. The second kappa shape index (κ2) is 6.78. The van der Waals surface area contributed by atoms with Crippen LogP contribution < -0.4 is 5.69 Å². The minimum Gasteiger partial charge on any atom is -0.336 e. The van der Waals surface area contributed by atoms with Crippen LogP contribution in [0.3, 0.4) is 0 Å². The van der Waals surface area contributed by atoms with E-state index in [0.717, 1.165) is 28.8 Å². The van der Waals surface area contributed by atoms with Crippen LogP contribution in [0.25, 0.3) is 0 Å². The number of nitrogens with zero attached hydrogens (tertiary/aromatic N) is 2. The van der Waals surface area contributed by atoms with Gasteiger partial charge in [-0.05, 0) is 62.4 Å². The molecule has 0 bridgehead atoms. The van der Waals surface area contributed by atoms with Crippen LogP contribution in [0.2, 0.25) is 0 Å². The Balaban J connectivity index is 1.73. The van der Waals surface area contributed by atoms with Crippen LogP contribution in [0.1, 0.15) is 47.5 Å². The summed E-state index contributed by atoms with van der Waals surface area (Å²) in [6.45, 7) is 6.18. The van der Waals surface area contributed by atoms with Gasteiger partial charge in [0, 0.05) is 24.4 Å². The smallest absolute Gasteiger partial charge is 0.336 e. The maximum Gasteiger partial charge on any atom is 0.345 e. The van der Waals surface area contributed by atoms with Crippen LogP contribution in [0.4, 0.5) is 4.39 Å². The molecule has 2 heterocycles. The molecule has 6 heteroatoms. The van der Waals surface area contributed by atoms with E-state index in [2.05, 4.69) is 9.97 Å². The average molecular weight is 343 g/mol. The number of fused-ring (bicyclic) bond motifs is 1. The van der Waals surface area contributed by atoms with E-state index >= 15 is 0 Å². The van der Waals surface area contributed by atoms with Crippen molar-refractivity contribution in [1.29, 1.82) is 0 Å². The minimum absolute atomic E-state index is 0.0346. The number of aromatic nitrogens is 2. The lowest BCUT2D eigenvalue weighted by atomic mass is 9.93. The fraction of sp³-hybridized carbons (Fsp3) is 0.421. The van der Waals surface area contributed by atoms with Gasteiger partial charge in [-0.25, -0.2) is 9.18 Å². The number of rotatable bonds is 3. The normalized spacial score (nSPS) is 16.6. The molecule has 0 unspecified atom stereocenters. The average Bonchev–Trinajstić information content (AvgIpc) is 2.54. The highest BCUT2D eigenvalue weighted by molar-refractivity contribution is 5.77. The second-order valence-electron chi connectivity index (χ2n) is 6.59. The number of H-pyrrole nitrogens is 1. The minimum atomic E-state index is -0.367. The van der Waals surface area contributed by atoms with Gasteiger partial charge in [-0.15, -0.1) is 0 Å². The number of hydrogen-bond acceptors (Lipinski definition) is 3. The standard InChI is InChI=1S/C19H22FN3O2/c1-11-16(12(2)22-19(25)21-11)6-7-18(24)23-9-8-14-4-5-15(20)10-17(14)13(23)3/h4-5,10,13H,6-9H2,1-3H3,(H,21,22,25)/t13-/m0/s1. The van der Waals surface area contributed by atoms with Gasteiger partial charge in [0.2, 0.25) is 5.91 Å². The maximum absolute atomic E-state index is 13.5. The third-order valence-electron chi connectivity index (χ3n) is 5.01. The van der Waals surface area contributed by atoms with Crippen molar-refractivity contribution in [3.63, 3.8) is 0 Å². The SMILES string of the molecule is Cc1nc(=O)[nH]c(C)c1CCC(=O)N1CCc2ccc(F)cc2[C@@H]1C. The van der Waals surface area contributed by atoms with Crippen molar-refractivity contribution in [3.8, 4) is 0 Å². The van der Waals surface area contributed by atoms with Crippen molar-refractivity contribution >= 4 is 5.91 Å². The Labute approximate surface area is 145 Å². The summed E-state index contributed by atoms with van der Waals surface area (Å²) in [7, 11) is 0. The molecule has 0 spiro atoms. The number of nitrogens with one attached hydrogen (secondary N) is 1. The molecule has 1 atom stereocenters. The van der Waals surface area contributed by atoms with Crippen molar-refractivity contribution in [3.05, 3.63) is 62.6 Å². The van der Waals surface area contributed by atoms with Crippen molar-refractivity contribution in [1.82, 2.24) is 14.9 Å². The van der Waals surface area contributed by atoms with E-state index in [9.17, 15) is 14.0 Å². The summed E-state index contributed by atoms with van der Waals surface area (Å²) in [5.74, 6) is -0.238. The summed E-state index contributed by atoms with van der Waals surface area (Å²) in [4.78, 5) is 32.5. The summed E-state index contributed by atoms with van der Waals surface area (Å²) in [5, 5.41) is 0. The molecular weight excluding hydrogens is 321 g/mol. The van der Waals surface area contributed by atoms with Crippen LogP contribution in [0.15, 0.2) is 23.0 Å². The molecule has 5 nitrogen and oxygen atoms in total. The predicted molar refractivity (Wildman–Crippen MR) is 92.9 cm³/mol. The topological polar surface area (TPSA) is 66.1 Å². The van der Waals surface area contributed by atoms with E-state index in [4.69, 9.17) is 0 Å². The molecule has 132 valence electrons. The first-order chi connectivity index (χ1) is 11.9. The molecule has 3 rings (SSSR count). The first kappa shape index (κ1) is 17.3. The number of carbonyl (C=O) groups is 1. The Morgan fingerprint density at radius 2 is 2.16 bits per heavy atom. The van der Waals surface area contributed by atoms with E-state index in [1.165, 1.54) is 12.1 Å². The molecule has 1 aromatic heterocycles. The Bertz CT molecular complexity index is 849. The highest BCUT2D eigenvalue weighted by atomic mass is 19.1. The zero-order valence-electron chi connectivity index (χ0n) is 14.7. The fourth-order valence-electron chi connectivity index (χ4n) is 3.62. The van der Waals surface area contributed by atoms with E-state index in [1.807, 2.05) is 24.8 Å². The van der Waals surface area contributed by atoms with E-state index < -0.39 is 0 Å². The van der Waals surface area contributed by atoms with Gasteiger partial charge in [0.1, 0.15) is 5.82 Å². The second-order valence-corrected chi connectivity index (χ2v) is 6.59. The van der Waals surface area contributed by atoms with Crippen LogP contribution in [0, 0.1) is 19.7 Å². The Kier molecular flexibility index (Phi) is 4.70. The molecule has 0 aliphatic carbocycles. The molecule has 1 aliphatic rings. The first-order valence-electron chi connectivity index (χ1n) is 8.51. The van der Waals surface area contributed by atoms with Gasteiger partial charge in [-0.2, -0.15) is 4.98 Å². The Hall–Kier alpha value is -2.50. The highest BCUT2D eigenvalue weighted by Gasteiger charge is 2.27. The molecular formula is C19H22FN3O2. The van der Waals surface area contributed by atoms with Gasteiger partial charge in [0.05, 0.1) is 6.04 Å². The van der Waals surface area contributed by atoms with Gasteiger partial charge < -0.3 is 9.88 Å².